The molecule has 0 fully saturated rings. The van der Waals surface area contributed by atoms with Gasteiger partial charge in [-0.2, -0.15) is 0 Å². The van der Waals surface area contributed by atoms with Crippen LogP contribution in [-0.2, 0) is 6.42 Å². The molecule has 8 rings (SSSR count). The highest BCUT2D eigenvalue weighted by atomic mass is 32.1. The van der Waals surface area contributed by atoms with E-state index in [2.05, 4.69) is 168 Å². The largest absolute Gasteiger partial charge is 0.317 e. The fourth-order valence-corrected chi connectivity index (χ4v) is 7.57. The van der Waals surface area contributed by atoms with Crippen molar-refractivity contribution >= 4 is 61.5 Å². The molecule has 0 saturated heterocycles. The lowest BCUT2D eigenvalue weighted by molar-refractivity contribution is 1.02. The third kappa shape index (κ3) is 4.76. The third-order valence-corrected chi connectivity index (χ3v) is 9.83. The van der Waals surface area contributed by atoms with Gasteiger partial charge in [0.2, 0.25) is 0 Å². The number of fused-ring (bicyclic) bond motifs is 4. The van der Waals surface area contributed by atoms with Crippen molar-refractivity contribution in [2.75, 3.05) is 4.90 Å². The van der Waals surface area contributed by atoms with E-state index in [1.54, 1.807) is 0 Å². The zero-order chi connectivity index (χ0) is 29.5. The van der Waals surface area contributed by atoms with Crippen molar-refractivity contribution in [3.63, 3.8) is 0 Å². The third-order valence-electron chi connectivity index (χ3n) is 8.58. The van der Waals surface area contributed by atoms with Crippen molar-refractivity contribution in [1.82, 2.24) is 4.57 Å². The average Bonchev–Trinajstić information content (AvgIpc) is 3.68. The van der Waals surface area contributed by atoms with Crippen LogP contribution in [-0.4, -0.2) is 4.57 Å². The Kier molecular flexibility index (Phi) is 6.74. The van der Waals surface area contributed by atoms with Crippen LogP contribution in [0.2, 0.25) is 0 Å². The molecule has 5 aromatic carbocycles. The fraction of sp³-hybridized carbons (Fsp3) is 0.0732. The smallest absolute Gasteiger partial charge is 0.0528 e. The number of para-hydroxylation sites is 1. The van der Waals surface area contributed by atoms with E-state index in [-0.39, 0.29) is 0 Å². The minimum Gasteiger partial charge on any atom is -0.317 e. The molecule has 1 aliphatic carbocycles. The Balaban J connectivity index is 1.15. The molecule has 0 N–H and O–H groups in total. The van der Waals surface area contributed by atoms with Crippen LogP contribution in [0.4, 0.5) is 17.1 Å². The quantitative estimate of drug-likeness (QED) is 0.189. The fourth-order valence-electron chi connectivity index (χ4n) is 6.38. The van der Waals surface area contributed by atoms with Gasteiger partial charge in [-0.05, 0) is 114 Å². The second kappa shape index (κ2) is 11.2. The van der Waals surface area contributed by atoms with Gasteiger partial charge >= 0.3 is 0 Å². The Hall–Kier alpha value is -5.12. The standard InChI is InChI=1S/C41H32N2S/c1-2-7-29-12-18-34(19-13-29)43(36-24-25-41-38(28-36)37-9-4-6-11-40(37)44-41)35-22-16-31(17-23-35)30-14-20-33(21-15-30)42-27-26-32-8-3-5-10-39(32)42/h2-5,7-10,12-28H,6,11H2,1H3/b7-2+. The molecule has 0 atom stereocenters. The van der Waals surface area contributed by atoms with E-state index in [0.717, 1.165) is 24.2 Å². The molecule has 0 amide bonds. The second-order valence-electron chi connectivity index (χ2n) is 11.3. The maximum Gasteiger partial charge on any atom is 0.0528 e. The summed E-state index contributed by atoms with van der Waals surface area (Å²) < 4.78 is 3.61. The maximum absolute atomic E-state index is 2.37. The van der Waals surface area contributed by atoms with E-state index >= 15 is 0 Å². The Morgan fingerprint density at radius 3 is 2.20 bits per heavy atom. The van der Waals surface area contributed by atoms with Crippen LogP contribution in [0.25, 0.3) is 50.0 Å². The van der Waals surface area contributed by atoms with Crippen molar-refractivity contribution in [3.05, 3.63) is 156 Å². The van der Waals surface area contributed by atoms with Crippen LogP contribution in [0.15, 0.2) is 140 Å². The molecule has 2 aromatic heterocycles. The first-order valence-corrected chi connectivity index (χ1v) is 16.1. The lowest BCUT2D eigenvalue weighted by atomic mass is 10.0. The number of benzene rings is 5. The summed E-state index contributed by atoms with van der Waals surface area (Å²) in [7, 11) is 0. The minimum atomic E-state index is 1.13. The highest BCUT2D eigenvalue weighted by Gasteiger charge is 2.17. The highest BCUT2D eigenvalue weighted by Crippen LogP contribution is 2.41. The number of anilines is 3. The lowest BCUT2D eigenvalue weighted by Gasteiger charge is -2.26. The number of hydrogen-bond acceptors (Lipinski definition) is 2. The lowest BCUT2D eigenvalue weighted by Crippen LogP contribution is -2.09. The molecule has 212 valence electrons. The Morgan fingerprint density at radius 1 is 0.727 bits per heavy atom. The molecular weight excluding hydrogens is 553 g/mol. The number of allylic oxidation sites excluding steroid dienone is 2. The van der Waals surface area contributed by atoms with Crippen molar-refractivity contribution in [2.24, 2.45) is 0 Å². The van der Waals surface area contributed by atoms with Crippen molar-refractivity contribution in [2.45, 2.75) is 19.8 Å². The van der Waals surface area contributed by atoms with E-state index in [0.29, 0.717) is 0 Å². The molecule has 7 aromatic rings. The number of aryl methyl sites for hydroxylation is 1. The zero-order valence-corrected chi connectivity index (χ0v) is 25.5. The summed E-state index contributed by atoms with van der Waals surface area (Å²) in [5.74, 6) is 0. The predicted octanol–water partition coefficient (Wildman–Crippen LogP) is 12.0. The van der Waals surface area contributed by atoms with Gasteiger partial charge in [0.15, 0.2) is 0 Å². The molecule has 0 unspecified atom stereocenters. The molecule has 0 saturated carbocycles. The number of thiophene rings is 1. The van der Waals surface area contributed by atoms with E-state index in [9.17, 15) is 0 Å². The maximum atomic E-state index is 2.37. The normalized spacial score (nSPS) is 12.8. The second-order valence-corrected chi connectivity index (χ2v) is 12.5. The predicted molar refractivity (Wildman–Crippen MR) is 191 cm³/mol. The minimum absolute atomic E-state index is 1.13. The SMILES string of the molecule is C/C=C/c1ccc(N(c2ccc(-c3ccc(-n4ccc5ccccc54)cc3)cc2)c2ccc3sc4c(c3c2)C=CCC4)cc1. The van der Waals surface area contributed by atoms with Gasteiger partial charge in [-0.3, -0.25) is 0 Å². The number of hydrogen-bond donors (Lipinski definition) is 0. The van der Waals surface area contributed by atoms with Gasteiger partial charge in [0.25, 0.3) is 0 Å². The van der Waals surface area contributed by atoms with Crippen LogP contribution >= 0.6 is 11.3 Å². The van der Waals surface area contributed by atoms with Gasteiger partial charge in [0.05, 0.1) is 5.52 Å². The van der Waals surface area contributed by atoms with E-state index in [4.69, 9.17) is 0 Å². The van der Waals surface area contributed by atoms with Gasteiger partial charge in [-0.25, -0.2) is 0 Å². The van der Waals surface area contributed by atoms with Crippen LogP contribution in [0.5, 0.6) is 0 Å². The zero-order valence-electron chi connectivity index (χ0n) is 24.7. The number of nitrogens with zero attached hydrogens (tertiary/aromatic N) is 2. The van der Waals surface area contributed by atoms with Crippen LogP contribution < -0.4 is 4.90 Å². The molecule has 2 heterocycles. The van der Waals surface area contributed by atoms with Gasteiger partial charge in [0.1, 0.15) is 0 Å². The molecule has 0 spiro atoms. The summed E-state index contributed by atoms with van der Waals surface area (Å²) in [6.07, 6.45) is 13.3. The number of aromatic nitrogens is 1. The molecule has 44 heavy (non-hydrogen) atoms. The van der Waals surface area contributed by atoms with Crippen LogP contribution in [0.3, 0.4) is 0 Å². The highest BCUT2D eigenvalue weighted by molar-refractivity contribution is 7.19. The van der Waals surface area contributed by atoms with Crippen LogP contribution in [0.1, 0.15) is 29.3 Å². The van der Waals surface area contributed by atoms with Crippen molar-refractivity contribution < 1.29 is 0 Å². The van der Waals surface area contributed by atoms with Crippen molar-refractivity contribution in [1.29, 1.82) is 0 Å². The first kappa shape index (κ1) is 26.5. The molecular formula is C41H32N2S. The summed E-state index contributed by atoms with van der Waals surface area (Å²) in [6, 6.07) is 44.3. The Morgan fingerprint density at radius 2 is 1.43 bits per heavy atom. The first-order chi connectivity index (χ1) is 21.7. The molecule has 3 heteroatoms. The van der Waals surface area contributed by atoms with Gasteiger partial charge in [-0.1, -0.05) is 78.9 Å². The first-order valence-electron chi connectivity index (χ1n) is 15.3. The summed E-state index contributed by atoms with van der Waals surface area (Å²) in [4.78, 5) is 3.88. The summed E-state index contributed by atoms with van der Waals surface area (Å²) in [5, 5.41) is 2.60. The Labute approximate surface area is 262 Å². The molecule has 0 bridgehead atoms. The summed E-state index contributed by atoms with van der Waals surface area (Å²) in [6.45, 7) is 2.06. The van der Waals surface area contributed by atoms with Crippen LogP contribution in [0, 0.1) is 0 Å². The molecule has 0 radical (unpaired) electrons. The van der Waals surface area contributed by atoms with Gasteiger partial charge < -0.3 is 9.47 Å². The summed E-state index contributed by atoms with van der Waals surface area (Å²) in [5.41, 5.74) is 10.9. The van der Waals surface area contributed by atoms with E-state index in [1.165, 1.54) is 59.5 Å². The van der Waals surface area contributed by atoms with E-state index < -0.39 is 0 Å². The molecule has 1 aliphatic rings. The van der Waals surface area contributed by atoms with Gasteiger partial charge in [-0.15, -0.1) is 11.3 Å². The molecule has 0 aliphatic heterocycles. The van der Waals surface area contributed by atoms with Gasteiger partial charge in [0, 0.05) is 43.9 Å². The number of rotatable bonds is 6. The molecule has 2 nitrogen and oxygen atoms in total. The van der Waals surface area contributed by atoms with Crippen molar-refractivity contribution in [3.8, 4) is 16.8 Å². The summed E-state index contributed by atoms with van der Waals surface area (Å²) >= 11 is 1.94. The average molecular weight is 585 g/mol. The topological polar surface area (TPSA) is 8.17 Å². The Bertz CT molecular complexity index is 2160. The van der Waals surface area contributed by atoms with E-state index in [1.807, 2.05) is 11.3 Å². The monoisotopic (exact) mass is 584 g/mol.